The number of rotatable bonds is 5. The summed E-state index contributed by atoms with van der Waals surface area (Å²) in [6.45, 7) is 0. The van der Waals surface area contributed by atoms with Gasteiger partial charge in [0.05, 0.1) is 17.9 Å². The summed E-state index contributed by atoms with van der Waals surface area (Å²) in [5.41, 5.74) is 0.993. The highest BCUT2D eigenvalue weighted by atomic mass is 35.5. The maximum absolute atomic E-state index is 10.3. The maximum Gasteiger partial charge on any atom is 0.313 e. The Morgan fingerprint density at radius 3 is 2.87 bits per heavy atom. The minimum atomic E-state index is -0.806. The van der Waals surface area contributed by atoms with Gasteiger partial charge in [0.2, 0.25) is 0 Å². The van der Waals surface area contributed by atoms with Gasteiger partial charge in [-0.05, 0) is 17.7 Å². The number of thioether (sulfide) groups is 1. The van der Waals surface area contributed by atoms with Crippen LogP contribution >= 0.6 is 23.4 Å². The van der Waals surface area contributed by atoms with Crippen molar-refractivity contribution in [1.29, 1.82) is 0 Å². The number of ether oxygens (including phenoxy) is 1. The molecule has 0 saturated heterocycles. The number of hydrogen-bond donors (Lipinski definition) is 1. The van der Waals surface area contributed by atoms with E-state index in [4.69, 9.17) is 21.4 Å². The van der Waals surface area contributed by atoms with E-state index in [0.29, 0.717) is 16.5 Å². The Labute approximate surface area is 97.4 Å². The molecule has 0 atom stereocenters. The molecule has 15 heavy (non-hydrogen) atoms. The van der Waals surface area contributed by atoms with E-state index in [2.05, 4.69) is 0 Å². The van der Waals surface area contributed by atoms with Crippen LogP contribution in [-0.2, 0) is 10.5 Å². The summed E-state index contributed by atoms with van der Waals surface area (Å²) in [5.74, 6) is 0.558. The van der Waals surface area contributed by atoms with E-state index in [-0.39, 0.29) is 5.75 Å². The molecule has 0 heterocycles. The first-order chi connectivity index (χ1) is 7.13. The van der Waals surface area contributed by atoms with Gasteiger partial charge in [-0.15, -0.1) is 11.8 Å². The Morgan fingerprint density at radius 2 is 2.33 bits per heavy atom. The molecule has 0 spiro atoms. The topological polar surface area (TPSA) is 46.5 Å². The van der Waals surface area contributed by atoms with Gasteiger partial charge in [0.1, 0.15) is 5.75 Å². The molecule has 82 valence electrons. The van der Waals surface area contributed by atoms with Crippen LogP contribution in [0.4, 0.5) is 0 Å². The van der Waals surface area contributed by atoms with Gasteiger partial charge in [-0.1, -0.05) is 17.7 Å². The monoisotopic (exact) mass is 246 g/mol. The lowest BCUT2D eigenvalue weighted by atomic mass is 10.2. The number of carbonyl (C=O) groups is 1. The normalized spacial score (nSPS) is 10.0. The van der Waals surface area contributed by atoms with E-state index in [9.17, 15) is 4.79 Å². The molecule has 0 aliphatic carbocycles. The fourth-order valence-electron chi connectivity index (χ4n) is 1.06. The molecular formula is C10H11ClO3S. The lowest BCUT2D eigenvalue weighted by Gasteiger charge is -2.05. The van der Waals surface area contributed by atoms with Crippen LogP contribution in [0.2, 0.25) is 5.02 Å². The third-order valence-corrected chi connectivity index (χ3v) is 2.99. The Bertz CT molecular complexity index is 355. The lowest BCUT2D eigenvalue weighted by molar-refractivity contribution is -0.133. The molecular weight excluding hydrogens is 236 g/mol. The van der Waals surface area contributed by atoms with Gasteiger partial charge in [0.25, 0.3) is 0 Å². The van der Waals surface area contributed by atoms with Gasteiger partial charge in [0, 0.05) is 5.75 Å². The number of carboxylic acid groups (broad SMARTS) is 1. The molecule has 1 rings (SSSR count). The molecule has 5 heteroatoms. The lowest BCUT2D eigenvalue weighted by Crippen LogP contribution is -1.98. The summed E-state index contributed by atoms with van der Waals surface area (Å²) in [6.07, 6.45) is 0. The van der Waals surface area contributed by atoms with Crippen molar-refractivity contribution in [3.05, 3.63) is 28.8 Å². The first-order valence-electron chi connectivity index (χ1n) is 4.25. The zero-order chi connectivity index (χ0) is 11.3. The Balaban J connectivity index is 2.55. The largest absolute Gasteiger partial charge is 0.495 e. The summed E-state index contributed by atoms with van der Waals surface area (Å²) in [7, 11) is 1.56. The van der Waals surface area contributed by atoms with Crippen molar-refractivity contribution >= 4 is 29.3 Å². The van der Waals surface area contributed by atoms with Crippen LogP contribution in [0, 0.1) is 0 Å². The second-order valence-corrected chi connectivity index (χ2v) is 4.25. The van der Waals surface area contributed by atoms with E-state index in [1.807, 2.05) is 6.07 Å². The molecule has 3 nitrogen and oxygen atoms in total. The van der Waals surface area contributed by atoms with E-state index in [1.165, 1.54) is 11.8 Å². The summed E-state index contributed by atoms with van der Waals surface area (Å²) >= 11 is 7.26. The zero-order valence-corrected chi connectivity index (χ0v) is 9.77. The van der Waals surface area contributed by atoms with Crippen LogP contribution < -0.4 is 4.74 Å². The van der Waals surface area contributed by atoms with Crippen molar-refractivity contribution in [1.82, 2.24) is 0 Å². The zero-order valence-electron chi connectivity index (χ0n) is 8.20. The molecule has 1 aromatic carbocycles. The molecule has 0 bridgehead atoms. The summed E-state index contributed by atoms with van der Waals surface area (Å²) < 4.78 is 5.01. The van der Waals surface area contributed by atoms with Gasteiger partial charge < -0.3 is 9.84 Å². The molecule has 0 aromatic heterocycles. The highest BCUT2D eigenvalue weighted by molar-refractivity contribution is 7.99. The van der Waals surface area contributed by atoms with Crippen molar-refractivity contribution in [3.63, 3.8) is 0 Å². The molecule has 0 aliphatic rings. The fourth-order valence-corrected chi connectivity index (χ4v) is 2.03. The van der Waals surface area contributed by atoms with E-state index in [1.54, 1.807) is 19.2 Å². The Morgan fingerprint density at radius 1 is 1.60 bits per heavy atom. The first kappa shape index (κ1) is 12.2. The maximum atomic E-state index is 10.3. The number of aliphatic carboxylic acids is 1. The van der Waals surface area contributed by atoms with Gasteiger partial charge in [-0.3, -0.25) is 4.79 Å². The molecule has 0 unspecified atom stereocenters. The number of hydrogen-bond acceptors (Lipinski definition) is 3. The van der Waals surface area contributed by atoms with Crippen LogP contribution in [0.1, 0.15) is 5.56 Å². The van der Waals surface area contributed by atoms with Crippen LogP contribution in [0.5, 0.6) is 5.75 Å². The molecule has 0 aliphatic heterocycles. The van der Waals surface area contributed by atoms with Crippen molar-refractivity contribution in [2.24, 2.45) is 0 Å². The SMILES string of the molecule is COc1ccc(CSCC(=O)O)cc1Cl. The third kappa shape index (κ3) is 4.01. The first-order valence-corrected chi connectivity index (χ1v) is 5.78. The molecule has 0 radical (unpaired) electrons. The van der Waals surface area contributed by atoms with Crippen molar-refractivity contribution in [3.8, 4) is 5.75 Å². The summed E-state index contributed by atoms with van der Waals surface area (Å²) in [4.78, 5) is 10.3. The van der Waals surface area contributed by atoms with E-state index in [0.717, 1.165) is 5.56 Å². The summed E-state index contributed by atoms with van der Waals surface area (Å²) in [6, 6.07) is 5.44. The smallest absolute Gasteiger partial charge is 0.313 e. The quantitative estimate of drug-likeness (QED) is 0.868. The van der Waals surface area contributed by atoms with Crippen molar-refractivity contribution < 1.29 is 14.6 Å². The number of carboxylic acids is 1. The van der Waals surface area contributed by atoms with Gasteiger partial charge in [0.15, 0.2) is 0 Å². The van der Waals surface area contributed by atoms with Gasteiger partial charge in [-0.25, -0.2) is 0 Å². The minimum Gasteiger partial charge on any atom is -0.495 e. The second kappa shape index (κ2) is 5.88. The predicted octanol–water partition coefficient (Wildman–Crippen LogP) is 2.67. The molecule has 0 fully saturated rings. The van der Waals surface area contributed by atoms with Crippen molar-refractivity contribution in [2.75, 3.05) is 12.9 Å². The van der Waals surface area contributed by atoms with Gasteiger partial charge >= 0.3 is 5.97 Å². The highest BCUT2D eigenvalue weighted by Crippen LogP contribution is 2.26. The Hall–Kier alpha value is -0.870. The van der Waals surface area contributed by atoms with E-state index >= 15 is 0 Å². The average molecular weight is 247 g/mol. The predicted molar refractivity (Wildman–Crippen MR) is 61.8 cm³/mol. The average Bonchev–Trinajstić information content (AvgIpc) is 2.17. The summed E-state index contributed by atoms with van der Waals surface area (Å²) in [5, 5.41) is 9.01. The molecule has 0 saturated carbocycles. The van der Waals surface area contributed by atoms with Crippen molar-refractivity contribution in [2.45, 2.75) is 5.75 Å². The number of halogens is 1. The molecule has 1 aromatic rings. The molecule has 0 amide bonds. The number of methoxy groups -OCH3 is 1. The molecule has 1 N–H and O–H groups in total. The van der Waals surface area contributed by atoms with Crippen LogP contribution in [0.15, 0.2) is 18.2 Å². The fraction of sp³-hybridized carbons (Fsp3) is 0.300. The van der Waals surface area contributed by atoms with Crippen LogP contribution in [-0.4, -0.2) is 23.9 Å². The van der Waals surface area contributed by atoms with Crippen LogP contribution in [0.25, 0.3) is 0 Å². The second-order valence-electron chi connectivity index (χ2n) is 2.86. The van der Waals surface area contributed by atoms with Crippen LogP contribution in [0.3, 0.4) is 0 Å². The highest BCUT2D eigenvalue weighted by Gasteiger charge is 2.03. The van der Waals surface area contributed by atoms with E-state index < -0.39 is 5.97 Å². The Kier molecular flexibility index (Phi) is 4.78. The number of benzene rings is 1. The van der Waals surface area contributed by atoms with Gasteiger partial charge in [-0.2, -0.15) is 0 Å². The third-order valence-electron chi connectivity index (χ3n) is 1.71. The standard InChI is InChI=1S/C10H11ClO3S/c1-14-9-3-2-7(4-8(9)11)5-15-6-10(12)13/h2-4H,5-6H2,1H3,(H,12,13). The minimum absolute atomic E-state index is 0.101.